The Morgan fingerprint density at radius 2 is 1.78 bits per heavy atom. The van der Waals surface area contributed by atoms with Crippen molar-refractivity contribution >= 4 is 0 Å². The van der Waals surface area contributed by atoms with E-state index in [-0.39, 0.29) is 19.3 Å². The summed E-state index contributed by atoms with van der Waals surface area (Å²) in [6.07, 6.45) is 4.55. The van der Waals surface area contributed by atoms with Crippen LogP contribution in [0.1, 0.15) is 19.4 Å². The largest absolute Gasteiger partial charge is 0.497 e. The second kappa shape index (κ2) is 10.1. The van der Waals surface area contributed by atoms with Crippen LogP contribution in [-0.2, 0) is 11.3 Å². The summed E-state index contributed by atoms with van der Waals surface area (Å²) in [7, 11) is 3.26. The van der Waals surface area contributed by atoms with Crippen molar-refractivity contribution in [1.29, 1.82) is 0 Å². The van der Waals surface area contributed by atoms with Gasteiger partial charge in [0, 0.05) is 25.2 Å². The highest BCUT2D eigenvalue weighted by Gasteiger charge is 2.16. The van der Waals surface area contributed by atoms with Crippen LogP contribution in [0.4, 0.5) is 0 Å². The second-order valence-corrected chi connectivity index (χ2v) is 5.62. The number of aliphatic hydroxyl groups excluding tert-OH is 1. The highest BCUT2D eigenvalue weighted by molar-refractivity contribution is 5.38. The average Bonchev–Trinajstić information content (AvgIpc) is 2.53. The molecule has 0 radical (unpaired) electrons. The predicted molar refractivity (Wildman–Crippen MR) is 90.8 cm³/mol. The maximum Gasteiger partial charge on any atom is 0.122 e. The van der Waals surface area contributed by atoms with E-state index in [1.54, 1.807) is 14.2 Å². The van der Waals surface area contributed by atoms with Gasteiger partial charge in [0.15, 0.2) is 0 Å². The minimum absolute atomic E-state index is 0.214. The van der Waals surface area contributed by atoms with Gasteiger partial charge in [-0.15, -0.1) is 6.42 Å². The van der Waals surface area contributed by atoms with E-state index in [4.69, 9.17) is 20.6 Å². The van der Waals surface area contributed by atoms with Crippen molar-refractivity contribution in [2.75, 3.05) is 34.0 Å². The first-order valence-corrected chi connectivity index (χ1v) is 7.65. The van der Waals surface area contributed by atoms with E-state index >= 15 is 0 Å². The predicted octanol–water partition coefficient (Wildman–Crippen LogP) is 1.92. The standard InChI is InChI=1S/C18H27NO4/c1-6-7-23-13-16(20)12-19(14(2)3)11-15-8-17(21-4)10-18(9-15)22-5/h1,8-10,14,16,20H,7,11-13H2,2-5H3. The lowest BCUT2D eigenvalue weighted by Crippen LogP contribution is -2.38. The monoisotopic (exact) mass is 321 g/mol. The van der Waals surface area contributed by atoms with Crippen molar-refractivity contribution in [3.63, 3.8) is 0 Å². The Morgan fingerprint density at radius 3 is 2.26 bits per heavy atom. The van der Waals surface area contributed by atoms with Crippen molar-refractivity contribution in [3.8, 4) is 23.8 Å². The normalized spacial score (nSPS) is 12.3. The lowest BCUT2D eigenvalue weighted by atomic mass is 10.1. The number of benzene rings is 1. The topological polar surface area (TPSA) is 51.2 Å². The fourth-order valence-electron chi connectivity index (χ4n) is 2.23. The Hall–Kier alpha value is -1.74. The van der Waals surface area contributed by atoms with Crippen LogP contribution in [-0.4, -0.2) is 56.1 Å². The summed E-state index contributed by atoms with van der Waals surface area (Å²) in [5, 5.41) is 10.1. The van der Waals surface area contributed by atoms with Gasteiger partial charge in [-0.3, -0.25) is 4.90 Å². The molecule has 0 aliphatic rings. The molecule has 5 nitrogen and oxygen atoms in total. The van der Waals surface area contributed by atoms with Gasteiger partial charge < -0.3 is 19.3 Å². The minimum atomic E-state index is -0.585. The van der Waals surface area contributed by atoms with Gasteiger partial charge in [-0.1, -0.05) is 5.92 Å². The van der Waals surface area contributed by atoms with E-state index in [2.05, 4.69) is 24.7 Å². The first-order valence-electron chi connectivity index (χ1n) is 7.65. The van der Waals surface area contributed by atoms with Crippen LogP contribution < -0.4 is 9.47 Å². The van der Waals surface area contributed by atoms with Crippen LogP contribution in [0.2, 0.25) is 0 Å². The van der Waals surface area contributed by atoms with Crippen LogP contribution in [0, 0.1) is 12.3 Å². The molecule has 0 heterocycles. The average molecular weight is 321 g/mol. The molecule has 0 aliphatic carbocycles. The molecule has 1 aromatic rings. The van der Waals surface area contributed by atoms with Crippen molar-refractivity contribution in [2.45, 2.75) is 32.5 Å². The molecule has 0 saturated heterocycles. The summed E-state index contributed by atoms with van der Waals surface area (Å²) in [4.78, 5) is 2.16. The third kappa shape index (κ3) is 6.91. The molecule has 23 heavy (non-hydrogen) atoms. The molecule has 0 bridgehead atoms. The summed E-state index contributed by atoms with van der Waals surface area (Å²) in [6.45, 7) is 5.80. The Balaban J connectivity index is 2.74. The lowest BCUT2D eigenvalue weighted by Gasteiger charge is -2.29. The first kappa shape index (κ1) is 19.3. The van der Waals surface area contributed by atoms with Gasteiger partial charge in [-0.2, -0.15) is 0 Å². The molecule has 0 spiro atoms. The fraction of sp³-hybridized carbons (Fsp3) is 0.556. The number of nitrogens with zero attached hydrogens (tertiary/aromatic N) is 1. The summed E-state index contributed by atoms with van der Waals surface area (Å²) < 4.78 is 15.8. The van der Waals surface area contributed by atoms with E-state index in [9.17, 15) is 5.11 Å². The Kier molecular flexibility index (Phi) is 8.49. The molecule has 1 unspecified atom stereocenters. The number of terminal acetylenes is 1. The number of hydrogen-bond donors (Lipinski definition) is 1. The van der Waals surface area contributed by atoms with Crippen molar-refractivity contribution in [2.24, 2.45) is 0 Å². The summed E-state index contributed by atoms with van der Waals surface area (Å²) in [5.41, 5.74) is 1.06. The van der Waals surface area contributed by atoms with Gasteiger partial charge in [0.2, 0.25) is 0 Å². The Bertz CT molecular complexity index is 488. The van der Waals surface area contributed by atoms with Gasteiger partial charge in [-0.25, -0.2) is 0 Å². The number of aliphatic hydroxyl groups is 1. The Labute approximate surface area is 139 Å². The van der Waals surface area contributed by atoms with Gasteiger partial charge >= 0.3 is 0 Å². The number of rotatable bonds is 10. The first-order chi connectivity index (χ1) is 11.0. The quantitative estimate of drug-likeness (QED) is 0.527. The van der Waals surface area contributed by atoms with Gasteiger partial charge in [0.25, 0.3) is 0 Å². The van der Waals surface area contributed by atoms with Crippen LogP contribution >= 0.6 is 0 Å². The minimum Gasteiger partial charge on any atom is -0.497 e. The molecular formula is C18H27NO4. The molecule has 5 heteroatoms. The van der Waals surface area contributed by atoms with E-state index < -0.39 is 6.10 Å². The van der Waals surface area contributed by atoms with Crippen LogP contribution in [0.15, 0.2) is 18.2 Å². The molecular weight excluding hydrogens is 294 g/mol. The van der Waals surface area contributed by atoms with Gasteiger partial charge in [0.1, 0.15) is 18.1 Å². The molecule has 0 aromatic heterocycles. The molecule has 0 amide bonds. The molecule has 0 aliphatic heterocycles. The maximum atomic E-state index is 10.1. The molecule has 128 valence electrons. The summed E-state index contributed by atoms with van der Waals surface area (Å²) in [5.74, 6) is 3.89. The lowest BCUT2D eigenvalue weighted by molar-refractivity contribution is 0.0192. The van der Waals surface area contributed by atoms with E-state index in [0.717, 1.165) is 17.1 Å². The zero-order valence-corrected chi connectivity index (χ0v) is 14.4. The van der Waals surface area contributed by atoms with E-state index in [1.165, 1.54) is 0 Å². The van der Waals surface area contributed by atoms with Crippen molar-refractivity contribution in [1.82, 2.24) is 4.90 Å². The molecule has 0 saturated carbocycles. The Morgan fingerprint density at radius 1 is 1.17 bits per heavy atom. The third-order valence-electron chi connectivity index (χ3n) is 3.47. The molecule has 1 N–H and O–H groups in total. The highest BCUT2D eigenvalue weighted by atomic mass is 16.5. The fourth-order valence-corrected chi connectivity index (χ4v) is 2.23. The smallest absolute Gasteiger partial charge is 0.122 e. The van der Waals surface area contributed by atoms with Gasteiger partial charge in [-0.05, 0) is 31.5 Å². The van der Waals surface area contributed by atoms with Crippen LogP contribution in [0.3, 0.4) is 0 Å². The van der Waals surface area contributed by atoms with Crippen LogP contribution in [0.5, 0.6) is 11.5 Å². The molecule has 1 rings (SSSR count). The van der Waals surface area contributed by atoms with Crippen molar-refractivity contribution < 1.29 is 19.3 Å². The second-order valence-electron chi connectivity index (χ2n) is 5.62. The zero-order valence-electron chi connectivity index (χ0n) is 14.4. The molecule has 1 aromatic carbocycles. The van der Waals surface area contributed by atoms with E-state index in [0.29, 0.717) is 13.1 Å². The molecule has 0 fully saturated rings. The molecule has 1 atom stereocenters. The van der Waals surface area contributed by atoms with E-state index in [1.807, 2.05) is 18.2 Å². The maximum absolute atomic E-state index is 10.1. The van der Waals surface area contributed by atoms with Gasteiger partial charge in [0.05, 0.1) is 26.9 Å². The zero-order chi connectivity index (χ0) is 17.2. The van der Waals surface area contributed by atoms with Crippen LogP contribution in [0.25, 0.3) is 0 Å². The number of ether oxygens (including phenoxy) is 3. The summed E-state index contributed by atoms with van der Waals surface area (Å²) >= 11 is 0. The SMILES string of the molecule is C#CCOCC(O)CN(Cc1cc(OC)cc(OC)c1)C(C)C. The summed E-state index contributed by atoms with van der Waals surface area (Å²) in [6, 6.07) is 6.05. The number of hydrogen-bond acceptors (Lipinski definition) is 5. The third-order valence-corrected chi connectivity index (χ3v) is 3.47. The highest BCUT2D eigenvalue weighted by Crippen LogP contribution is 2.24. The van der Waals surface area contributed by atoms with Crippen molar-refractivity contribution in [3.05, 3.63) is 23.8 Å². The number of methoxy groups -OCH3 is 2.